The molecule has 1 fully saturated rings. The fraction of sp³-hybridized carbons (Fsp3) is 0.381. The van der Waals surface area contributed by atoms with Gasteiger partial charge in [0.2, 0.25) is 0 Å². The number of halogens is 7. The molecule has 0 spiro atoms. The number of hydrogen-bond acceptors (Lipinski definition) is 5. The zero-order chi connectivity index (χ0) is 24.9. The monoisotopic (exact) mass is 509 g/mol. The molecule has 0 aliphatic carbocycles. The summed E-state index contributed by atoms with van der Waals surface area (Å²) in [6.45, 7) is -0.950. The molecule has 0 bridgehead atoms. The molecule has 0 aromatic heterocycles. The molecular weight excluding hydrogens is 492 g/mol. The Bertz CT molecular complexity index is 1050. The number of amides is 1. The molecule has 2 aromatic rings. The van der Waals surface area contributed by atoms with Crippen LogP contribution in [0, 0.1) is 0 Å². The topological polar surface area (TPSA) is 63.5 Å². The van der Waals surface area contributed by atoms with Gasteiger partial charge in [0.15, 0.2) is 0 Å². The Morgan fingerprint density at radius 3 is 2.44 bits per heavy atom. The van der Waals surface area contributed by atoms with Crippen molar-refractivity contribution in [3.8, 4) is 16.9 Å². The number of rotatable bonds is 6. The summed E-state index contributed by atoms with van der Waals surface area (Å²) >= 11 is 6.27. The van der Waals surface area contributed by atoms with Crippen molar-refractivity contribution in [2.45, 2.75) is 38.2 Å². The zero-order valence-corrected chi connectivity index (χ0v) is 18.1. The maximum Gasteiger partial charge on any atom is 0.573 e. The van der Waals surface area contributed by atoms with E-state index in [1.165, 1.54) is 41.3 Å². The fourth-order valence-electron chi connectivity index (χ4n) is 3.37. The fourth-order valence-corrected chi connectivity index (χ4v) is 3.65. The van der Waals surface area contributed by atoms with E-state index in [4.69, 9.17) is 11.6 Å². The zero-order valence-electron chi connectivity index (χ0n) is 17.4. The minimum atomic E-state index is -4.93. The van der Waals surface area contributed by atoms with Crippen LogP contribution >= 0.6 is 11.6 Å². The van der Waals surface area contributed by atoms with Crippen molar-refractivity contribution in [3.05, 3.63) is 47.5 Å². The highest BCUT2D eigenvalue weighted by atomic mass is 35.5. The molecule has 0 saturated carbocycles. The number of para-hydroxylation sites is 1. The highest BCUT2D eigenvalue weighted by Gasteiger charge is 2.34. The Hall–Kier alpha value is -2.86. The van der Waals surface area contributed by atoms with Crippen molar-refractivity contribution in [1.29, 1.82) is 0 Å². The van der Waals surface area contributed by atoms with Crippen LogP contribution in [0.4, 0.5) is 32.0 Å². The Morgan fingerprint density at radius 1 is 1.03 bits per heavy atom. The first-order valence-corrected chi connectivity index (χ1v) is 10.4. The van der Waals surface area contributed by atoms with Crippen LogP contribution in [-0.2, 0) is 9.53 Å². The van der Waals surface area contributed by atoms with E-state index in [1.54, 1.807) is 0 Å². The van der Waals surface area contributed by atoms with Crippen molar-refractivity contribution >= 4 is 23.2 Å². The molecule has 1 saturated heterocycles. The Morgan fingerprint density at radius 2 is 1.76 bits per heavy atom. The standard InChI is InChI=1S/C21H18ClF6N3O3/c22-16-11-13(8-9-14(16)15-5-1-2-6-17(15)34-21(26,27)28)29-30-18-7-3-4-10-31(18)19(32)12-33-20(23,24)25/h1-2,5-6,8-9,11,18H,3-4,7,10,12H2. The highest BCUT2D eigenvalue weighted by molar-refractivity contribution is 6.33. The van der Waals surface area contributed by atoms with E-state index in [2.05, 4.69) is 19.7 Å². The van der Waals surface area contributed by atoms with Crippen molar-refractivity contribution in [3.63, 3.8) is 0 Å². The number of nitrogens with zero attached hydrogens (tertiary/aromatic N) is 3. The minimum Gasteiger partial charge on any atom is -0.405 e. The van der Waals surface area contributed by atoms with Gasteiger partial charge in [-0.05, 0) is 37.5 Å². The number of alkyl halides is 6. The van der Waals surface area contributed by atoms with Crippen LogP contribution in [0.2, 0.25) is 5.02 Å². The van der Waals surface area contributed by atoms with Crippen molar-refractivity contribution in [1.82, 2.24) is 4.90 Å². The third-order valence-corrected chi connectivity index (χ3v) is 5.13. The lowest BCUT2D eigenvalue weighted by molar-refractivity contribution is -0.322. The molecule has 6 nitrogen and oxygen atoms in total. The van der Waals surface area contributed by atoms with Gasteiger partial charge in [0, 0.05) is 17.7 Å². The largest absolute Gasteiger partial charge is 0.573 e. The van der Waals surface area contributed by atoms with Gasteiger partial charge >= 0.3 is 12.7 Å². The maximum atomic E-state index is 12.7. The Kier molecular flexibility index (Phi) is 8.03. The lowest BCUT2D eigenvalue weighted by Crippen LogP contribution is -2.45. The van der Waals surface area contributed by atoms with Gasteiger partial charge < -0.3 is 9.64 Å². The minimum absolute atomic E-state index is 0.0739. The summed E-state index contributed by atoms with van der Waals surface area (Å²) < 4.78 is 82.5. The van der Waals surface area contributed by atoms with Gasteiger partial charge in [-0.2, -0.15) is 10.2 Å². The molecule has 1 unspecified atom stereocenters. The molecule has 184 valence electrons. The third-order valence-electron chi connectivity index (χ3n) is 4.81. The van der Waals surface area contributed by atoms with Crippen LogP contribution in [-0.4, -0.2) is 42.8 Å². The van der Waals surface area contributed by atoms with Gasteiger partial charge in [-0.25, -0.2) is 0 Å². The van der Waals surface area contributed by atoms with Crippen LogP contribution in [0.3, 0.4) is 0 Å². The van der Waals surface area contributed by atoms with Gasteiger partial charge in [-0.3, -0.25) is 9.53 Å². The van der Waals surface area contributed by atoms with Crippen LogP contribution in [0.1, 0.15) is 19.3 Å². The molecule has 13 heteroatoms. The SMILES string of the molecule is O=C(COC(F)(F)F)N1CCCCC1N=Nc1ccc(-c2ccccc2OC(F)(F)F)c(Cl)c1. The van der Waals surface area contributed by atoms with Gasteiger partial charge in [0.1, 0.15) is 18.5 Å². The summed E-state index contributed by atoms with van der Waals surface area (Å²) in [5, 5.41) is 8.17. The second kappa shape index (κ2) is 10.6. The van der Waals surface area contributed by atoms with Crippen LogP contribution < -0.4 is 4.74 Å². The first-order chi connectivity index (χ1) is 15.9. The van der Waals surface area contributed by atoms with Crippen molar-refractivity contribution in [2.24, 2.45) is 10.2 Å². The number of azo groups is 1. The van der Waals surface area contributed by atoms with E-state index in [-0.39, 0.29) is 28.4 Å². The molecule has 1 aliphatic heterocycles. The summed E-state index contributed by atoms with van der Waals surface area (Å²) in [7, 11) is 0. The van der Waals surface area contributed by atoms with E-state index in [1.807, 2.05) is 0 Å². The third kappa shape index (κ3) is 7.32. The summed E-state index contributed by atoms with van der Waals surface area (Å²) in [5.41, 5.74) is 0.619. The number of benzene rings is 2. The quantitative estimate of drug-likeness (QED) is 0.315. The normalized spacial score (nSPS) is 17.3. The average molecular weight is 510 g/mol. The smallest absolute Gasteiger partial charge is 0.405 e. The Balaban J connectivity index is 1.76. The van der Waals surface area contributed by atoms with Gasteiger partial charge in [-0.1, -0.05) is 35.9 Å². The van der Waals surface area contributed by atoms with Crippen LogP contribution in [0.25, 0.3) is 11.1 Å². The molecule has 1 atom stereocenters. The van der Waals surface area contributed by atoms with E-state index in [9.17, 15) is 31.1 Å². The van der Waals surface area contributed by atoms with Crippen molar-refractivity contribution in [2.75, 3.05) is 13.2 Å². The number of hydrogen-bond donors (Lipinski definition) is 0. The molecule has 2 aromatic carbocycles. The van der Waals surface area contributed by atoms with Crippen LogP contribution in [0.5, 0.6) is 5.75 Å². The molecule has 0 N–H and O–H groups in total. The second-order valence-corrected chi connectivity index (χ2v) is 7.63. The maximum absolute atomic E-state index is 12.7. The van der Waals surface area contributed by atoms with E-state index in [0.29, 0.717) is 19.3 Å². The summed E-state index contributed by atoms with van der Waals surface area (Å²) in [6.07, 6.45) is -8.89. The highest BCUT2D eigenvalue weighted by Crippen LogP contribution is 2.38. The summed E-state index contributed by atoms with van der Waals surface area (Å²) in [4.78, 5) is 13.3. The van der Waals surface area contributed by atoms with E-state index >= 15 is 0 Å². The predicted molar refractivity (Wildman–Crippen MR) is 109 cm³/mol. The van der Waals surface area contributed by atoms with Gasteiger partial charge in [0.25, 0.3) is 5.91 Å². The van der Waals surface area contributed by atoms with Gasteiger partial charge in [-0.15, -0.1) is 26.3 Å². The summed E-state index contributed by atoms with van der Waals surface area (Å²) in [5.74, 6) is -1.29. The first kappa shape index (κ1) is 25.8. The number of carbonyl (C=O) groups is 1. The van der Waals surface area contributed by atoms with Crippen molar-refractivity contribution < 1.29 is 40.6 Å². The molecule has 1 heterocycles. The van der Waals surface area contributed by atoms with Gasteiger partial charge in [0.05, 0.1) is 10.7 Å². The lowest BCUT2D eigenvalue weighted by atomic mass is 10.0. The number of ether oxygens (including phenoxy) is 2. The predicted octanol–water partition coefficient (Wildman–Crippen LogP) is 6.86. The molecule has 1 amide bonds. The van der Waals surface area contributed by atoms with E-state index in [0.717, 1.165) is 6.07 Å². The number of likely N-dealkylation sites (tertiary alicyclic amines) is 1. The lowest BCUT2D eigenvalue weighted by Gasteiger charge is -2.32. The molecule has 1 aliphatic rings. The second-order valence-electron chi connectivity index (χ2n) is 7.22. The van der Waals surface area contributed by atoms with Crippen LogP contribution in [0.15, 0.2) is 52.7 Å². The molecule has 0 radical (unpaired) electrons. The van der Waals surface area contributed by atoms with E-state index < -0.39 is 37.2 Å². The number of carbonyl (C=O) groups excluding carboxylic acids is 1. The Labute approximate surface area is 195 Å². The summed E-state index contributed by atoms with van der Waals surface area (Å²) in [6, 6.07) is 9.75. The number of piperidine rings is 1. The molecular formula is C21H18ClF6N3O3. The molecule has 3 rings (SSSR count). The average Bonchev–Trinajstić information content (AvgIpc) is 2.75. The molecule has 34 heavy (non-hydrogen) atoms. The first-order valence-electron chi connectivity index (χ1n) is 9.99.